The number of nitrogens with zero attached hydrogens (tertiary/aromatic N) is 1. The summed E-state index contributed by atoms with van der Waals surface area (Å²) >= 11 is 0. The number of rotatable bonds is 7. The maximum Gasteiger partial charge on any atom is 0.150 e. The molecule has 0 aromatic heterocycles. The first-order chi connectivity index (χ1) is 12.6. The summed E-state index contributed by atoms with van der Waals surface area (Å²) in [5.74, 6) is 1.14. The monoisotopic (exact) mass is 349 g/mol. The average Bonchev–Trinajstić information content (AvgIpc) is 2.66. The van der Waals surface area contributed by atoms with Gasteiger partial charge in [-0.1, -0.05) is 42.5 Å². The normalized spacial score (nSPS) is 13.2. The molecule has 4 N–H and O–H groups in total. The molecule has 3 rings (SSSR count). The Hall–Kier alpha value is -3.21. The van der Waals surface area contributed by atoms with Crippen LogP contribution in [0.3, 0.4) is 0 Å². The third-order valence-corrected chi connectivity index (χ3v) is 4.21. The van der Waals surface area contributed by atoms with Crippen molar-refractivity contribution in [2.45, 2.75) is 19.3 Å². The zero-order valence-electron chi connectivity index (χ0n) is 14.6. The smallest absolute Gasteiger partial charge is 0.150 e. The summed E-state index contributed by atoms with van der Waals surface area (Å²) in [6, 6.07) is 15.2. The minimum atomic E-state index is 0.223. The number of phenols is 1. The highest BCUT2D eigenvalue weighted by Crippen LogP contribution is 2.37. The molecule has 1 aliphatic heterocycles. The molecule has 0 aliphatic carbocycles. The predicted octanol–water partition coefficient (Wildman–Crippen LogP) is 4.27. The molecule has 1 heterocycles. The van der Waals surface area contributed by atoms with E-state index in [0.717, 1.165) is 36.1 Å². The van der Waals surface area contributed by atoms with Crippen molar-refractivity contribution in [2.75, 3.05) is 6.54 Å². The lowest BCUT2D eigenvalue weighted by Gasteiger charge is -2.23. The van der Waals surface area contributed by atoms with E-state index in [9.17, 15) is 5.11 Å². The molecule has 5 heteroatoms. The number of nitrogens with two attached hydrogens (primary N) is 1. The molecular formula is C21H23N3O2. The zero-order valence-corrected chi connectivity index (χ0v) is 14.6. The highest BCUT2D eigenvalue weighted by Gasteiger charge is 2.17. The largest absolute Gasteiger partial charge is 0.507 e. The summed E-state index contributed by atoms with van der Waals surface area (Å²) in [5.41, 5.74) is 7.93. The van der Waals surface area contributed by atoms with E-state index in [-0.39, 0.29) is 11.6 Å². The Kier molecular flexibility index (Phi) is 5.59. The quantitative estimate of drug-likeness (QED) is 0.396. The maximum atomic E-state index is 10.4. The van der Waals surface area contributed by atoms with Gasteiger partial charge in [-0.2, -0.15) is 0 Å². The van der Waals surface area contributed by atoms with Crippen molar-refractivity contribution in [3.63, 3.8) is 0 Å². The summed E-state index contributed by atoms with van der Waals surface area (Å²) in [4.78, 5) is 2.05. The number of ether oxygens (including phenoxy) is 1. The molecule has 0 saturated carbocycles. The first-order valence-electron chi connectivity index (χ1n) is 8.66. The summed E-state index contributed by atoms with van der Waals surface area (Å²) in [5, 5.41) is 17.7. The Morgan fingerprint density at radius 2 is 1.88 bits per heavy atom. The second-order valence-corrected chi connectivity index (χ2v) is 6.18. The van der Waals surface area contributed by atoms with Gasteiger partial charge in [0, 0.05) is 36.5 Å². The van der Waals surface area contributed by atoms with E-state index >= 15 is 0 Å². The third kappa shape index (κ3) is 4.25. The van der Waals surface area contributed by atoms with Crippen LogP contribution in [0.15, 0.2) is 67.2 Å². The number of hydrogen-bond acceptors (Lipinski definition) is 4. The van der Waals surface area contributed by atoms with Gasteiger partial charge in [0.1, 0.15) is 12.0 Å². The first-order valence-corrected chi connectivity index (χ1v) is 8.66. The van der Waals surface area contributed by atoms with Crippen LogP contribution in [-0.4, -0.2) is 22.4 Å². The van der Waals surface area contributed by atoms with Crippen molar-refractivity contribution in [1.29, 1.82) is 5.41 Å². The van der Waals surface area contributed by atoms with E-state index in [0.29, 0.717) is 12.2 Å². The summed E-state index contributed by atoms with van der Waals surface area (Å²) in [6.45, 7) is 0.816. The molecule has 0 fully saturated rings. The Bertz CT molecular complexity index is 828. The summed E-state index contributed by atoms with van der Waals surface area (Å²) in [7, 11) is 0. The van der Waals surface area contributed by atoms with Crippen molar-refractivity contribution >= 4 is 11.6 Å². The van der Waals surface area contributed by atoms with Gasteiger partial charge in [-0.3, -0.25) is 5.41 Å². The van der Waals surface area contributed by atoms with Crippen LogP contribution in [0.4, 0.5) is 0 Å². The Morgan fingerprint density at radius 3 is 2.65 bits per heavy atom. The van der Waals surface area contributed by atoms with Crippen LogP contribution in [0.25, 0.3) is 16.9 Å². The maximum absolute atomic E-state index is 10.4. The van der Waals surface area contributed by atoms with E-state index in [1.165, 1.54) is 0 Å². The van der Waals surface area contributed by atoms with Crippen LogP contribution in [0.2, 0.25) is 0 Å². The molecule has 1 aliphatic rings. The van der Waals surface area contributed by atoms with Crippen LogP contribution in [0.1, 0.15) is 24.8 Å². The molecule has 134 valence electrons. The number of nitrogens with one attached hydrogen (secondary N) is 1. The second-order valence-electron chi connectivity index (χ2n) is 6.18. The molecule has 0 atom stereocenters. The predicted molar refractivity (Wildman–Crippen MR) is 104 cm³/mol. The third-order valence-electron chi connectivity index (χ3n) is 4.21. The Morgan fingerprint density at radius 1 is 1.08 bits per heavy atom. The second kappa shape index (κ2) is 8.25. The minimum absolute atomic E-state index is 0.223. The van der Waals surface area contributed by atoms with Gasteiger partial charge in [0.15, 0.2) is 5.76 Å². The van der Waals surface area contributed by atoms with Crippen LogP contribution < -0.4 is 5.73 Å². The molecule has 26 heavy (non-hydrogen) atoms. The van der Waals surface area contributed by atoms with Crippen molar-refractivity contribution in [2.24, 2.45) is 5.73 Å². The number of benzene rings is 2. The van der Waals surface area contributed by atoms with Crippen molar-refractivity contribution in [3.8, 4) is 16.9 Å². The molecule has 0 amide bonds. The van der Waals surface area contributed by atoms with Crippen LogP contribution in [0, 0.1) is 5.41 Å². The van der Waals surface area contributed by atoms with Crippen molar-refractivity contribution in [1.82, 2.24) is 4.90 Å². The molecule has 0 unspecified atom stereocenters. The van der Waals surface area contributed by atoms with Gasteiger partial charge in [0.2, 0.25) is 0 Å². The van der Waals surface area contributed by atoms with Gasteiger partial charge >= 0.3 is 0 Å². The molecule has 0 saturated heterocycles. The van der Waals surface area contributed by atoms with E-state index in [2.05, 4.69) is 4.90 Å². The molecule has 2 aromatic carbocycles. The number of amidine groups is 1. The minimum Gasteiger partial charge on any atom is -0.507 e. The average molecular weight is 349 g/mol. The zero-order chi connectivity index (χ0) is 18.4. The van der Waals surface area contributed by atoms with E-state index in [1.54, 1.807) is 12.3 Å². The fourth-order valence-electron chi connectivity index (χ4n) is 2.94. The number of unbranched alkanes of at least 4 members (excludes halogenated alkanes) is 1. The fraction of sp³-hybridized carbons (Fsp3) is 0.190. The number of aromatic hydroxyl groups is 1. The topological polar surface area (TPSA) is 82.6 Å². The number of phenolic OH excluding ortho intramolecular Hbond substituents is 1. The molecule has 2 aromatic rings. The first kappa shape index (κ1) is 17.6. The Balaban J connectivity index is 1.82. The van der Waals surface area contributed by atoms with Gasteiger partial charge in [0.05, 0.1) is 5.84 Å². The van der Waals surface area contributed by atoms with E-state index in [1.807, 2.05) is 54.9 Å². The van der Waals surface area contributed by atoms with Crippen LogP contribution in [-0.2, 0) is 4.74 Å². The highest BCUT2D eigenvalue weighted by atomic mass is 16.5. The molecular weight excluding hydrogens is 326 g/mol. The molecule has 5 nitrogen and oxygen atoms in total. The lowest BCUT2D eigenvalue weighted by atomic mass is 9.97. The highest BCUT2D eigenvalue weighted by molar-refractivity contribution is 5.83. The standard InChI is InChI=1S/C21H23N3O2/c22-20(23)11-4-5-12-24-13-14-26-19(15-24)17-9-6-10-18(25)21(17)16-7-2-1-3-8-16/h1-3,6-10,13-15,25H,4-5,11-12H2,(H3,22,23). The van der Waals surface area contributed by atoms with Crippen LogP contribution >= 0.6 is 0 Å². The van der Waals surface area contributed by atoms with Gasteiger partial charge < -0.3 is 20.5 Å². The SMILES string of the molecule is N=C(N)CCCCN1C=COC(c2cccc(O)c2-c2ccccc2)=C1. The van der Waals surface area contributed by atoms with E-state index < -0.39 is 0 Å². The summed E-state index contributed by atoms with van der Waals surface area (Å²) in [6.07, 6.45) is 7.90. The van der Waals surface area contributed by atoms with Gasteiger partial charge in [0.25, 0.3) is 0 Å². The van der Waals surface area contributed by atoms with Gasteiger partial charge in [-0.05, 0) is 24.5 Å². The molecule has 0 spiro atoms. The summed E-state index contributed by atoms with van der Waals surface area (Å²) < 4.78 is 5.73. The fourth-order valence-corrected chi connectivity index (χ4v) is 2.94. The molecule has 0 bridgehead atoms. The number of hydrogen-bond donors (Lipinski definition) is 3. The lowest BCUT2D eigenvalue weighted by molar-refractivity contribution is 0.368. The van der Waals surface area contributed by atoms with E-state index in [4.69, 9.17) is 15.9 Å². The van der Waals surface area contributed by atoms with Crippen molar-refractivity contribution < 1.29 is 9.84 Å². The van der Waals surface area contributed by atoms with Gasteiger partial charge in [-0.15, -0.1) is 0 Å². The van der Waals surface area contributed by atoms with Crippen LogP contribution in [0.5, 0.6) is 5.75 Å². The molecule has 0 radical (unpaired) electrons. The van der Waals surface area contributed by atoms with Gasteiger partial charge in [-0.25, -0.2) is 0 Å². The van der Waals surface area contributed by atoms with Crippen molar-refractivity contribution in [3.05, 3.63) is 72.8 Å². The Labute approximate surface area is 153 Å². The lowest BCUT2D eigenvalue weighted by Crippen LogP contribution is -2.16.